The Hall–Kier alpha value is -1.75. The van der Waals surface area contributed by atoms with E-state index >= 15 is 0 Å². The molecule has 1 atom stereocenters. The number of carbonyl (C=O) groups excluding carboxylic acids is 1. The Balaban J connectivity index is 2.82. The number of hydrogen-bond acceptors (Lipinski definition) is 3. The van der Waals surface area contributed by atoms with Gasteiger partial charge in [-0.1, -0.05) is 18.5 Å². The fourth-order valence-corrected chi connectivity index (χ4v) is 1.38. The average Bonchev–Trinajstić information content (AvgIpc) is 2.28. The molecule has 0 aliphatic carbocycles. The number of aliphatic carboxylic acids is 1. The van der Waals surface area contributed by atoms with Gasteiger partial charge in [0.2, 0.25) is 0 Å². The minimum absolute atomic E-state index is 0.280. The fourth-order valence-electron chi connectivity index (χ4n) is 1.26. The van der Waals surface area contributed by atoms with Gasteiger partial charge in [0, 0.05) is 5.56 Å². The zero-order valence-corrected chi connectivity index (χ0v) is 9.99. The van der Waals surface area contributed by atoms with Crippen LogP contribution in [0.15, 0.2) is 18.2 Å². The van der Waals surface area contributed by atoms with Gasteiger partial charge in [-0.05, 0) is 24.6 Å². The second-order valence-corrected chi connectivity index (χ2v) is 3.92. The number of hydrogen-bond donors (Lipinski definition) is 3. The maximum Gasteiger partial charge on any atom is 0.326 e. The number of nitrogen functional groups attached to an aromatic ring is 1. The van der Waals surface area contributed by atoms with Gasteiger partial charge in [-0.2, -0.15) is 0 Å². The van der Waals surface area contributed by atoms with Crippen LogP contribution in [0.5, 0.6) is 0 Å². The Bertz CT molecular complexity index is 448. The van der Waals surface area contributed by atoms with Crippen molar-refractivity contribution in [2.24, 2.45) is 0 Å². The number of rotatable bonds is 4. The van der Waals surface area contributed by atoms with Crippen molar-refractivity contribution in [3.8, 4) is 0 Å². The first-order chi connectivity index (χ1) is 7.95. The number of nitrogens with two attached hydrogens (primary N) is 1. The van der Waals surface area contributed by atoms with Crippen molar-refractivity contribution >= 4 is 29.2 Å². The molecule has 1 unspecified atom stereocenters. The number of carbonyl (C=O) groups is 2. The van der Waals surface area contributed by atoms with E-state index in [0.29, 0.717) is 11.4 Å². The van der Waals surface area contributed by atoms with Crippen LogP contribution in [0, 0.1) is 0 Å². The molecule has 5 nitrogen and oxygen atoms in total. The highest BCUT2D eigenvalue weighted by atomic mass is 35.5. The van der Waals surface area contributed by atoms with E-state index in [4.69, 9.17) is 22.4 Å². The third kappa shape index (κ3) is 3.35. The first kappa shape index (κ1) is 13.3. The molecule has 1 amide bonds. The topological polar surface area (TPSA) is 92.4 Å². The Kier molecular flexibility index (Phi) is 4.34. The zero-order valence-electron chi connectivity index (χ0n) is 9.24. The number of anilines is 1. The lowest BCUT2D eigenvalue weighted by Crippen LogP contribution is -2.40. The summed E-state index contributed by atoms with van der Waals surface area (Å²) in [6.45, 7) is 1.68. The smallest absolute Gasteiger partial charge is 0.326 e. The molecule has 17 heavy (non-hydrogen) atoms. The molecule has 0 fully saturated rings. The van der Waals surface area contributed by atoms with E-state index in [0.717, 1.165) is 0 Å². The van der Waals surface area contributed by atoms with E-state index in [1.165, 1.54) is 18.2 Å². The number of carboxylic acids is 1. The van der Waals surface area contributed by atoms with E-state index in [-0.39, 0.29) is 11.3 Å². The minimum Gasteiger partial charge on any atom is -0.480 e. The number of benzene rings is 1. The molecule has 0 spiro atoms. The van der Waals surface area contributed by atoms with Gasteiger partial charge in [0.15, 0.2) is 0 Å². The summed E-state index contributed by atoms with van der Waals surface area (Å²) < 4.78 is 0. The molecule has 6 heteroatoms. The monoisotopic (exact) mass is 256 g/mol. The summed E-state index contributed by atoms with van der Waals surface area (Å²) in [6.07, 6.45) is 0.310. The van der Waals surface area contributed by atoms with E-state index < -0.39 is 17.9 Å². The van der Waals surface area contributed by atoms with Crippen LogP contribution in [-0.2, 0) is 4.79 Å². The van der Waals surface area contributed by atoms with Crippen LogP contribution in [0.1, 0.15) is 23.7 Å². The van der Waals surface area contributed by atoms with Crippen LogP contribution in [0.2, 0.25) is 5.02 Å². The van der Waals surface area contributed by atoms with Gasteiger partial charge < -0.3 is 16.2 Å². The molecule has 0 saturated carbocycles. The van der Waals surface area contributed by atoms with Crippen LogP contribution in [0.25, 0.3) is 0 Å². The second kappa shape index (κ2) is 5.54. The molecule has 0 aromatic heterocycles. The largest absolute Gasteiger partial charge is 0.480 e. The van der Waals surface area contributed by atoms with Gasteiger partial charge in [-0.3, -0.25) is 4.79 Å². The summed E-state index contributed by atoms with van der Waals surface area (Å²) in [7, 11) is 0. The number of halogens is 1. The lowest BCUT2D eigenvalue weighted by atomic mass is 10.1. The summed E-state index contributed by atoms with van der Waals surface area (Å²) in [6, 6.07) is 3.49. The summed E-state index contributed by atoms with van der Waals surface area (Å²) in [5.41, 5.74) is 6.12. The van der Waals surface area contributed by atoms with Gasteiger partial charge in [-0.15, -0.1) is 0 Å². The highest BCUT2D eigenvalue weighted by Crippen LogP contribution is 2.19. The quantitative estimate of drug-likeness (QED) is 0.712. The lowest BCUT2D eigenvalue weighted by Gasteiger charge is -2.12. The summed E-state index contributed by atoms with van der Waals surface area (Å²) in [5.74, 6) is -1.55. The van der Waals surface area contributed by atoms with Crippen molar-refractivity contribution in [1.29, 1.82) is 0 Å². The number of carboxylic acid groups (broad SMARTS) is 1. The Morgan fingerprint density at radius 1 is 1.53 bits per heavy atom. The van der Waals surface area contributed by atoms with Gasteiger partial charge in [0.25, 0.3) is 5.91 Å². The molecule has 4 N–H and O–H groups in total. The molecule has 1 rings (SSSR count). The van der Waals surface area contributed by atoms with Crippen molar-refractivity contribution in [2.45, 2.75) is 19.4 Å². The standard InChI is InChI=1S/C11H13ClN2O3/c1-2-9(11(16)17)14-10(15)6-3-4-7(12)8(13)5-6/h3-5,9H,2,13H2,1H3,(H,14,15)(H,16,17). The molecule has 0 aliphatic heterocycles. The van der Waals surface area contributed by atoms with E-state index in [9.17, 15) is 9.59 Å². The summed E-state index contributed by atoms with van der Waals surface area (Å²) in [5, 5.41) is 11.6. The van der Waals surface area contributed by atoms with Crippen molar-refractivity contribution in [1.82, 2.24) is 5.32 Å². The lowest BCUT2D eigenvalue weighted by molar-refractivity contribution is -0.139. The molecule has 0 heterocycles. The maximum atomic E-state index is 11.7. The van der Waals surface area contributed by atoms with Crippen LogP contribution in [0.3, 0.4) is 0 Å². The Morgan fingerprint density at radius 2 is 2.18 bits per heavy atom. The van der Waals surface area contributed by atoms with Gasteiger partial charge in [-0.25, -0.2) is 4.79 Å². The van der Waals surface area contributed by atoms with E-state index in [1.807, 2.05) is 0 Å². The molecular weight excluding hydrogens is 244 g/mol. The summed E-state index contributed by atoms with van der Waals surface area (Å²) >= 11 is 5.72. The fraction of sp³-hybridized carbons (Fsp3) is 0.273. The van der Waals surface area contributed by atoms with Crippen molar-refractivity contribution in [3.05, 3.63) is 28.8 Å². The first-order valence-corrected chi connectivity index (χ1v) is 5.42. The van der Waals surface area contributed by atoms with E-state index in [2.05, 4.69) is 5.32 Å². The first-order valence-electron chi connectivity index (χ1n) is 5.04. The zero-order chi connectivity index (χ0) is 13.0. The van der Waals surface area contributed by atoms with Gasteiger partial charge in [0.1, 0.15) is 6.04 Å². The van der Waals surface area contributed by atoms with Crippen molar-refractivity contribution in [3.63, 3.8) is 0 Å². The number of nitrogens with one attached hydrogen (secondary N) is 1. The van der Waals surface area contributed by atoms with Gasteiger partial charge >= 0.3 is 5.97 Å². The van der Waals surface area contributed by atoms with Crippen LogP contribution in [-0.4, -0.2) is 23.0 Å². The third-order valence-electron chi connectivity index (χ3n) is 2.27. The van der Waals surface area contributed by atoms with E-state index in [1.54, 1.807) is 6.92 Å². The third-order valence-corrected chi connectivity index (χ3v) is 2.61. The SMILES string of the molecule is CCC(NC(=O)c1ccc(Cl)c(N)c1)C(=O)O. The predicted octanol–water partition coefficient (Wildman–Crippen LogP) is 1.52. The molecule has 1 aromatic carbocycles. The van der Waals surface area contributed by atoms with Crippen molar-refractivity contribution in [2.75, 3.05) is 5.73 Å². The molecule has 0 bridgehead atoms. The van der Waals surface area contributed by atoms with Gasteiger partial charge in [0.05, 0.1) is 10.7 Å². The molecule has 92 valence electrons. The molecule has 0 saturated heterocycles. The molecule has 1 aromatic rings. The summed E-state index contributed by atoms with van der Waals surface area (Å²) in [4.78, 5) is 22.5. The highest BCUT2D eigenvalue weighted by Gasteiger charge is 2.18. The number of amides is 1. The predicted molar refractivity (Wildman–Crippen MR) is 65.0 cm³/mol. The molecule has 0 radical (unpaired) electrons. The van der Waals surface area contributed by atoms with Crippen molar-refractivity contribution < 1.29 is 14.7 Å². The average molecular weight is 257 g/mol. The second-order valence-electron chi connectivity index (χ2n) is 3.51. The Morgan fingerprint density at radius 3 is 2.65 bits per heavy atom. The van der Waals surface area contributed by atoms with Crippen LogP contribution >= 0.6 is 11.6 Å². The highest BCUT2D eigenvalue weighted by molar-refractivity contribution is 6.33. The van der Waals surface area contributed by atoms with Crippen LogP contribution in [0.4, 0.5) is 5.69 Å². The minimum atomic E-state index is -1.07. The molecular formula is C11H13ClN2O3. The van der Waals surface area contributed by atoms with Crippen LogP contribution < -0.4 is 11.1 Å². The normalized spacial score (nSPS) is 11.9. The molecule has 0 aliphatic rings. The maximum absolute atomic E-state index is 11.7. The Labute approximate surface area is 104 Å².